The van der Waals surface area contributed by atoms with Gasteiger partial charge in [-0.05, 0) is 50.4 Å². The summed E-state index contributed by atoms with van der Waals surface area (Å²) in [4.78, 5) is 23.5. The highest BCUT2D eigenvalue weighted by Gasteiger charge is 2.42. The minimum absolute atomic E-state index is 0.0213. The van der Waals surface area contributed by atoms with Crippen LogP contribution in [0.5, 0.6) is 0 Å². The van der Waals surface area contributed by atoms with Crippen LogP contribution in [0.15, 0.2) is 0 Å². The van der Waals surface area contributed by atoms with E-state index < -0.39 is 11.4 Å². The molecule has 2 aliphatic rings. The number of nitrogens with one attached hydrogen (secondary N) is 1. The molecule has 0 aromatic carbocycles. The molecule has 5 heteroatoms. The maximum absolute atomic E-state index is 12.6. The molecule has 2 saturated carbocycles. The highest BCUT2D eigenvalue weighted by molar-refractivity contribution is 5.84. The maximum Gasteiger partial charge on any atom is 0.305 e. The summed E-state index contributed by atoms with van der Waals surface area (Å²) in [6.45, 7) is 2.56. The van der Waals surface area contributed by atoms with Crippen molar-refractivity contribution >= 4 is 11.9 Å². The molecule has 0 spiro atoms. The Kier molecular flexibility index (Phi) is 4.68. The molecule has 0 aromatic rings. The Balaban J connectivity index is 1.98. The number of aliphatic carboxylic acids is 1. The number of nitrogens with two attached hydrogens (primary N) is 1. The Labute approximate surface area is 120 Å². The van der Waals surface area contributed by atoms with Crippen molar-refractivity contribution in [1.82, 2.24) is 5.32 Å². The maximum atomic E-state index is 12.6. The second-order valence-corrected chi connectivity index (χ2v) is 6.68. The molecule has 2 aliphatic carbocycles. The summed E-state index contributed by atoms with van der Waals surface area (Å²) in [6, 6.07) is -0.220. The zero-order chi connectivity index (χ0) is 14.8. The van der Waals surface area contributed by atoms with Gasteiger partial charge in [0.25, 0.3) is 0 Å². The molecule has 0 aromatic heterocycles. The van der Waals surface area contributed by atoms with Gasteiger partial charge in [0.2, 0.25) is 5.91 Å². The van der Waals surface area contributed by atoms with E-state index >= 15 is 0 Å². The van der Waals surface area contributed by atoms with Crippen LogP contribution in [0.2, 0.25) is 0 Å². The number of carboxylic acids is 1. The molecule has 114 valence electrons. The zero-order valence-corrected chi connectivity index (χ0v) is 12.2. The SMILES string of the molecule is CC1CCC(CN)(C(=O)NC(CC(=O)O)C2CC2)CC1. The van der Waals surface area contributed by atoms with E-state index in [9.17, 15) is 9.59 Å². The standard InChI is InChI=1S/C15H26N2O3/c1-10-4-6-15(9-16,7-5-10)14(20)17-12(8-13(18)19)11-2-3-11/h10-12H,2-9,16H2,1H3,(H,17,20)(H,18,19). The van der Waals surface area contributed by atoms with Crippen LogP contribution in [0.4, 0.5) is 0 Å². The summed E-state index contributed by atoms with van der Waals surface area (Å²) in [6.07, 6.45) is 5.75. The molecule has 2 rings (SSSR count). The summed E-state index contributed by atoms with van der Waals surface area (Å²) >= 11 is 0. The van der Waals surface area contributed by atoms with E-state index in [0.29, 0.717) is 18.4 Å². The van der Waals surface area contributed by atoms with E-state index in [2.05, 4.69) is 12.2 Å². The van der Waals surface area contributed by atoms with Crippen LogP contribution < -0.4 is 11.1 Å². The van der Waals surface area contributed by atoms with Gasteiger partial charge in [-0.25, -0.2) is 0 Å². The quantitative estimate of drug-likeness (QED) is 0.688. The van der Waals surface area contributed by atoms with Gasteiger partial charge in [0.05, 0.1) is 11.8 Å². The van der Waals surface area contributed by atoms with Crippen LogP contribution in [0.3, 0.4) is 0 Å². The molecule has 0 bridgehead atoms. The second-order valence-electron chi connectivity index (χ2n) is 6.68. The predicted octanol–water partition coefficient (Wildman–Crippen LogP) is 1.51. The van der Waals surface area contributed by atoms with Gasteiger partial charge in [0.15, 0.2) is 0 Å². The molecule has 1 atom stereocenters. The monoisotopic (exact) mass is 282 g/mol. The van der Waals surface area contributed by atoms with Gasteiger partial charge in [-0.2, -0.15) is 0 Å². The van der Waals surface area contributed by atoms with Crippen molar-refractivity contribution in [2.75, 3.05) is 6.54 Å². The fraction of sp³-hybridized carbons (Fsp3) is 0.867. The first-order chi connectivity index (χ1) is 9.47. The van der Waals surface area contributed by atoms with Crippen molar-refractivity contribution < 1.29 is 14.7 Å². The molecule has 5 nitrogen and oxygen atoms in total. The molecule has 1 unspecified atom stereocenters. The van der Waals surface area contributed by atoms with Gasteiger partial charge >= 0.3 is 5.97 Å². The van der Waals surface area contributed by atoms with E-state index in [1.54, 1.807) is 0 Å². The summed E-state index contributed by atoms with van der Waals surface area (Å²) in [5.74, 6) is 0.124. The third-order valence-electron chi connectivity index (χ3n) is 5.01. The molecule has 0 aliphatic heterocycles. The Morgan fingerprint density at radius 1 is 1.30 bits per heavy atom. The van der Waals surface area contributed by atoms with Crippen LogP contribution in [-0.4, -0.2) is 29.6 Å². The fourth-order valence-electron chi connectivity index (χ4n) is 3.18. The lowest BCUT2D eigenvalue weighted by Gasteiger charge is -2.38. The Bertz CT molecular complexity index is 371. The third-order valence-corrected chi connectivity index (χ3v) is 5.01. The molecule has 2 fully saturated rings. The number of amides is 1. The summed E-state index contributed by atoms with van der Waals surface area (Å²) < 4.78 is 0. The lowest BCUT2D eigenvalue weighted by Crippen LogP contribution is -2.51. The first-order valence-electron chi connectivity index (χ1n) is 7.69. The van der Waals surface area contributed by atoms with Gasteiger partial charge in [0, 0.05) is 12.6 Å². The van der Waals surface area contributed by atoms with Gasteiger partial charge in [-0.3, -0.25) is 9.59 Å². The smallest absolute Gasteiger partial charge is 0.305 e. The number of carboxylic acid groups (broad SMARTS) is 1. The molecule has 4 N–H and O–H groups in total. The van der Waals surface area contributed by atoms with Gasteiger partial charge in [-0.15, -0.1) is 0 Å². The highest BCUT2D eigenvalue weighted by Crippen LogP contribution is 2.40. The number of carbonyl (C=O) groups excluding carboxylic acids is 1. The molecule has 0 heterocycles. The first-order valence-corrected chi connectivity index (χ1v) is 7.69. The lowest BCUT2D eigenvalue weighted by atomic mass is 9.70. The summed E-state index contributed by atoms with van der Waals surface area (Å²) in [7, 11) is 0. The average molecular weight is 282 g/mol. The number of hydrogen-bond acceptors (Lipinski definition) is 3. The topological polar surface area (TPSA) is 92.4 Å². The normalized spacial score (nSPS) is 31.6. The van der Waals surface area contributed by atoms with Crippen LogP contribution in [0.1, 0.15) is 51.9 Å². The van der Waals surface area contributed by atoms with E-state index in [1.807, 2.05) is 0 Å². The molecule has 0 radical (unpaired) electrons. The van der Waals surface area contributed by atoms with Crippen molar-refractivity contribution in [2.45, 2.75) is 57.9 Å². The third kappa shape index (κ3) is 3.51. The van der Waals surface area contributed by atoms with Gasteiger partial charge < -0.3 is 16.2 Å². The van der Waals surface area contributed by atoms with E-state index in [4.69, 9.17) is 10.8 Å². The Hall–Kier alpha value is -1.10. The Morgan fingerprint density at radius 3 is 2.35 bits per heavy atom. The number of carbonyl (C=O) groups is 2. The molecular weight excluding hydrogens is 256 g/mol. The van der Waals surface area contributed by atoms with Crippen molar-refractivity contribution in [3.63, 3.8) is 0 Å². The van der Waals surface area contributed by atoms with Crippen LogP contribution >= 0.6 is 0 Å². The summed E-state index contributed by atoms with van der Waals surface area (Å²) in [5, 5.41) is 12.0. The number of hydrogen-bond donors (Lipinski definition) is 3. The highest BCUT2D eigenvalue weighted by atomic mass is 16.4. The second kappa shape index (κ2) is 6.12. The largest absolute Gasteiger partial charge is 0.481 e. The number of rotatable bonds is 6. The van der Waals surface area contributed by atoms with E-state index in [1.165, 1.54) is 0 Å². The summed E-state index contributed by atoms with van der Waals surface area (Å²) in [5.41, 5.74) is 5.40. The fourth-order valence-corrected chi connectivity index (χ4v) is 3.18. The van der Waals surface area contributed by atoms with Crippen molar-refractivity contribution in [1.29, 1.82) is 0 Å². The van der Waals surface area contributed by atoms with Gasteiger partial charge in [0.1, 0.15) is 0 Å². The van der Waals surface area contributed by atoms with E-state index in [-0.39, 0.29) is 18.4 Å². The predicted molar refractivity (Wildman–Crippen MR) is 76.0 cm³/mol. The van der Waals surface area contributed by atoms with Crippen molar-refractivity contribution in [3.05, 3.63) is 0 Å². The molecular formula is C15H26N2O3. The molecule has 1 amide bonds. The van der Waals surface area contributed by atoms with Crippen LogP contribution in [-0.2, 0) is 9.59 Å². The molecule has 20 heavy (non-hydrogen) atoms. The Morgan fingerprint density at radius 2 is 1.90 bits per heavy atom. The van der Waals surface area contributed by atoms with Gasteiger partial charge in [-0.1, -0.05) is 6.92 Å². The van der Waals surface area contributed by atoms with Crippen LogP contribution in [0.25, 0.3) is 0 Å². The first kappa shape index (κ1) is 15.3. The lowest BCUT2D eigenvalue weighted by molar-refractivity contribution is -0.138. The van der Waals surface area contributed by atoms with E-state index in [0.717, 1.165) is 38.5 Å². The zero-order valence-electron chi connectivity index (χ0n) is 12.2. The van der Waals surface area contributed by atoms with Crippen molar-refractivity contribution in [3.8, 4) is 0 Å². The van der Waals surface area contributed by atoms with Crippen molar-refractivity contribution in [2.24, 2.45) is 23.0 Å². The minimum Gasteiger partial charge on any atom is -0.481 e. The average Bonchev–Trinajstić information content (AvgIpc) is 3.23. The molecule has 0 saturated heterocycles. The van der Waals surface area contributed by atoms with Crippen LogP contribution in [0, 0.1) is 17.3 Å². The minimum atomic E-state index is -0.846.